The van der Waals surface area contributed by atoms with Gasteiger partial charge in [-0.25, -0.2) is 9.97 Å². The first kappa shape index (κ1) is 17.7. The Bertz CT molecular complexity index is 800. The predicted octanol–water partition coefficient (Wildman–Crippen LogP) is 2.29. The van der Waals surface area contributed by atoms with Crippen molar-refractivity contribution in [3.8, 4) is 5.88 Å². The molecule has 142 valence electrons. The molecular weight excluding hydrogens is 342 g/mol. The molecule has 4 rings (SSSR count). The molecular formula is C20H25N5O2. The largest absolute Gasteiger partial charge is 0.478 e. The van der Waals surface area contributed by atoms with E-state index < -0.39 is 0 Å². The van der Waals surface area contributed by atoms with E-state index in [0.717, 1.165) is 50.3 Å². The molecule has 0 radical (unpaired) electrons. The summed E-state index contributed by atoms with van der Waals surface area (Å²) in [5.74, 6) is 1.60. The second-order valence-electron chi connectivity index (χ2n) is 7.53. The van der Waals surface area contributed by atoms with E-state index in [9.17, 15) is 4.79 Å². The third-order valence-electron chi connectivity index (χ3n) is 5.65. The Morgan fingerprint density at radius 3 is 2.89 bits per heavy atom. The summed E-state index contributed by atoms with van der Waals surface area (Å²) in [5.41, 5.74) is 1.17. The second-order valence-corrected chi connectivity index (χ2v) is 7.53. The van der Waals surface area contributed by atoms with Crippen LogP contribution in [0.4, 0.5) is 5.82 Å². The van der Waals surface area contributed by atoms with Crippen LogP contribution in [-0.4, -0.2) is 52.5 Å². The Morgan fingerprint density at radius 2 is 2.07 bits per heavy atom. The lowest BCUT2D eigenvalue weighted by Crippen LogP contribution is -2.54. The van der Waals surface area contributed by atoms with Gasteiger partial charge in [-0.2, -0.15) is 0 Å². The molecule has 0 bridgehead atoms. The van der Waals surface area contributed by atoms with Crippen LogP contribution in [0.1, 0.15) is 31.2 Å². The molecule has 1 spiro atoms. The zero-order chi connectivity index (χ0) is 18.7. The molecule has 7 nitrogen and oxygen atoms in total. The molecule has 0 N–H and O–H groups in total. The van der Waals surface area contributed by atoms with Crippen LogP contribution in [-0.2, 0) is 11.3 Å². The molecule has 2 aliphatic rings. The fraction of sp³-hybridized carbons (Fsp3) is 0.500. The van der Waals surface area contributed by atoms with E-state index >= 15 is 0 Å². The van der Waals surface area contributed by atoms with E-state index in [1.165, 1.54) is 0 Å². The summed E-state index contributed by atoms with van der Waals surface area (Å²) in [4.78, 5) is 29.8. The maximum Gasteiger partial charge on any atom is 0.257 e. The number of methoxy groups -OCH3 is 1. The van der Waals surface area contributed by atoms with Gasteiger partial charge in [0.05, 0.1) is 7.11 Å². The summed E-state index contributed by atoms with van der Waals surface area (Å²) in [6.45, 7) is 3.22. The molecule has 7 heteroatoms. The molecule has 0 aliphatic carbocycles. The minimum atomic E-state index is 0.0941. The van der Waals surface area contributed by atoms with Crippen molar-refractivity contribution < 1.29 is 9.53 Å². The number of carbonyl (C=O) groups is 1. The third kappa shape index (κ3) is 3.72. The molecule has 1 atom stereocenters. The van der Waals surface area contributed by atoms with Crippen LogP contribution >= 0.6 is 0 Å². The van der Waals surface area contributed by atoms with Gasteiger partial charge in [0.1, 0.15) is 0 Å². The van der Waals surface area contributed by atoms with Crippen molar-refractivity contribution >= 4 is 11.7 Å². The molecule has 4 heterocycles. The highest BCUT2D eigenvalue weighted by molar-refractivity contribution is 5.77. The van der Waals surface area contributed by atoms with Crippen molar-refractivity contribution in [2.45, 2.75) is 32.2 Å². The van der Waals surface area contributed by atoms with Crippen LogP contribution in [0.25, 0.3) is 0 Å². The Morgan fingerprint density at radius 1 is 1.19 bits per heavy atom. The minimum absolute atomic E-state index is 0.0941. The number of ether oxygens (including phenoxy) is 1. The number of amides is 1. The number of piperidine rings is 2. The van der Waals surface area contributed by atoms with Crippen molar-refractivity contribution in [2.24, 2.45) is 5.41 Å². The number of hydrogen-bond acceptors (Lipinski definition) is 6. The molecule has 0 saturated carbocycles. The van der Waals surface area contributed by atoms with Gasteiger partial charge in [-0.1, -0.05) is 6.07 Å². The maximum atomic E-state index is 12.5. The van der Waals surface area contributed by atoms with Gasteiger partial charge in [-0.05, 0) is 30.9 Å². The quantitative estimate of drug-likeness (QED) is 0.826. The Balaban J connectivity index is 1.52. The molecule has 2 aromatic rings. The second kappa shape index (κ2) is 7.50. The van der Waals surface area contributed by atoms with Gasteiger partial charge in [0.2, 0.25) is 5.91 Å². The number of pyridine rings is 1. The fourth-order valence-electron chi connectivity index (χ4n) is 4.36. The van der Waals surface area contributed by atoms with Crippen LogP contribution in [0.5, 0.6) is 5.88 Å². The third-order valence-corrected chi connectivity index (χ3v) is 5.65. The molecule has 0 unspecified atom stereocenters. The number of rotatable bonds is 4. The molecule has 2 fully saturated rings. The first-order chi connectivity index (χ1) is 13.2. The predicted molar refractivity (Wildman–Crippen MR) is 101 cm³/mol. The van der Waals surface area contributed by atoms with E-state index in [-0.39, 0.29) is 11.3 Å². The molecule has 2 saturated heterocycles. The van der Waals surface area contributed by atoms with E-state index in [4.69, 9.17) is 4.74 Å². The van der Waals surface area contributed by atoms with Gasteiger partial charge in [0.25, 0.3) is 5.88 Å². The first-order valence-electron chi connectivity index (χ1n) is 9.46. The van der Waals surface area contributed by atoms with Crippen molar-refractivity contribution in [2.75, 3.05) is 31.6 Å². The lowest BCUT2D eigenvalue weighted by molar-refractivity contribution is -0.138. The number of hydrogen-bond donors (Lipinski definition) is 0. The topological polar surface area (TPSA) is 71.5 Å². The van der Waals surface area contributed by atoms with Crippen LogP contribution < -0.4 is 9.64 Å². The monoisotopic (exact) mass is 367 g/mol. The van der Waals surface area contributed by atoms with Crippen LogP contribution in [0.15, 0.2) is 36.9 Å². The summed E-state index contributed by atoms with van der Waals surface area (Å²) in [7, 11) is 1.63. The first-order valence-corrected chi connectivity index (χ1v) is 9.46. The summed E-state index contributed by atoms with van der Waals surface area (Å²) < 4.78 is 5.40. The number of aromatic nitrogens is 3. The highest BCUT2D eigenvalue weighted by Crippen LogP contribution is 2.41. The molecule has 27 heavy (non-hydrogen) atoms. The van der Waals surface area contributed by atoms with Crippen molar-refractivity contribution in [1.29, 1.82) is 0 Å². The number of likely N-dealkylation sites (tertiary alicyclic amines) is 1. The van der Waals surface area contributed by atoms with E-state index in [1.54, 1.807) is 25.7 Å². The van der Waals surface area contributed by atoms with Crippen molar-refractivity contribution in [3.05, 3.63) is 42.5 Å². The van der Waals surface area contributed by atoms with Crippen molar-refractivity contribution in [1.82, 2.24) is 19.9 Å². The van der Waals surface area contributed by atoms with Crippen LogP contribution in [0.3, 0.4) is 0 Å². The Hall–Kier alpha value is -2.70. The van der Waals surface area contributed by atoms with E-state index in [2.05, 4.69) is 19.9 Å². The van der Waals surface area contributed by atoms with Gasteiger partial charge in [-0.3, -0.25) is 9.78 Å². The van der Waals surface area contributed by atoms with Gasteiger partial charge in [0.15, 0.2) is 5.82 Å². The average Bonchev–Trinajstić information content (AvgIpc) is 2.72. The zero-order valence-corrected chi connectivity index (χ0v) is 15.7. The lowest BCUT2D eigenvalue weighted by Gasteiger charge is -2.48. The molecule has 1 amide bonds. The smallest absolute Gasteiger partial charge is 0.257 e. The number of carbonyl (C=O) groups excluding carboxylic acids is 1. The summed E-state index contributed by atoms with van der Waals surface area (Å²) in [6, 6.07) is 3.95. The van der Waals surface area contributed by atoms with Crippen LogP contribution in [0, 0.1) is 5.41 Å². The summed E-state index contributed by atoms with van der Waals surface area (Å²) in [6.07, 6.45) is 10.7. The molecule has 2 aromatic heterocycles. The Kier molecular flexibility index (Phi) is 4.92. The standard InChI is InChI=1S/C20H25N5O2/c1-27-19-18(22-9-10-23-19)24-11-3-6-20(14-24)7-5-17(26)25(15-20)13-16-4-2-8-21-12-16/h2,4,8-10,12H,3,5-7,11,13-15H2,1H3/t20-/m0/s1. The minimum Gasteiger partial charge on any atom is -0.478 e. The number of anilines is 1. The lowest BCUT2D eigenvalue weighted by atomic mass is 9.73. The highest BCUT2D eigenvalue weighted by Gasteiger charge is 2.42. The number of nitrogens with zero attached hydrogens (tertiary/aromatic N) is 5. The van der Waals surface area contributed by atoms with Gasteiger partial charge >= 0.3 is 0 Å². The van der Waals surface area contributed by atoms with E-state index in [0.29, 0.717) is 18.8 Å². The maximum absolute atomic E-state index is 12.5. The van der Waals surface area contributed by atoms with Crippen LogP contribution in [0.2, 0.25) is 0 Å². The molecule has 0 aromatic carbocycles. The normalized spacial score (nSPS) is 22.9. The SMILES string of the molecule is COc1nccnc1N1CCC[C@]2(CCC(=O)N(Cc3cccnc3)C2)C1. The Labute approximate surface area is 159 Å². The van der Waals surface area contributed by atoms with Gasteiger partial charge in [-0.15, -0.1) is 0 Å². The average molecular weight is 367 g/mol. The molecule has 2 aliphatic heterocycles. The van der Waals surface area contributed by atoms with Gasteiger partial charge in [0, 0.05) is 62.8 Å². The van der Waals surface area contributed by atoms with Gasteiger partial charge < -0.3 is 14.5 Å². The zero-order valence-electron chi connectivity index (χ0n) is 15.7. The summed E-state index contributed by atoms with van der Waals surface area (Å²) >= 11 is 0. The highest BCUT2D eigenvalue weighted by atomic mass is 16.5. The summed E-state index contributed by atoms with van der Waals surface area (Å²) in [5, 5.41) is 0. The van der Waals surface area contributed by atoms with Crippen molar-refractivity contribution in [3.63, 3.8) is 0 Å². The fourth-order valence-corrected chi connectivity index (χ4v) is 4.36. The van der Waals surface area contributed by atoms with E-state index in [1.807, 2.05) is 23.2 Å².